The van der Waals surface area contributed by atoms with Gasteiger partial charge in [-0.05, 0) is 26.0 Å². The Kier molecular flexibility index (Phi) is 3.93. The Hall–Kier alpha value is -0.750. The molecule has 2 rings (SSSR count). The number of carbonyl (C=O) groups is 1. The normalized spacial score (nSPS) is 30.5. The minimum Gasteiger partial charge on any atom is -0.306 e. The standard InChI is InChI=1S/C11H20N4OS/c1-8-10(16)13-11(17-2,15-14-8)12-9-6-4-3-5-7-9/h9,12,15H,3-7H2,1-2H3,(H,13,16). The SMILES string of the molecule is CSC1(NC2CCCCC2)NN=C(C)C(=O)N1. The van der Waals surface area contributed by atoms with Crippen molar-refractivity contribution >= 4 is 23.4 Å². The summed E-state index contributed by atoms with van der Waals surface area (Å²) in [6, 6.07) is 0.456. The van der Waals surface area contributed by atoms with Crippen molar-refractivity contribution in [3.63, 3.8) is 0 Å². The number of nitrogens with zero attached hydrogens (tertiary/aromatic N) is 1. The van der Waals surface area contributed by atoms with E-state index in [0.29, 0.717) is 11.8 Å². The van der Waals surface area contributed by atoms with E-state index in [1.807, 2.05) is 6.26 Å². The third-order valence-electron chi connectivity index (χ3n) is 3.32. The lowest BCUT2D eigenvalue weighted by molar-refractivity contribution is -0.117. The molecule has 0 spiro atoms. The number of nitrogens with one attached hydrogen (secondary N) is 3. The first-order valence-electron chi connectivity index (χ1n) is 6.12. The molecule has 0 radical (unpaired) electrons. The highest BCUT2D eigenvalue weighted by Gasteiger charge is 2.36. The molecule has 96 valence electrons. The van der Waals surface area contributed by atoms with Gasteiger partial charge in [0.25, 0.3) is 5.91 Å². The smallest absolute Gasteiger partial charge is 0.270 e. The largest absolute Gasteiger partial charge is 0.306 e. The summed E-state index contributed by atoms with van der Waals surface area (Å²) < 4.78 is 0. The number of carbonyl (C=O) groups excluding carboxylic acids is 1. The zero-order valence-corrected chi connectivity index (χ0v) is 11.2. The predicted octanol–water partition coefficient (Wildman–Crippen LogP) is 0.978. The van der Waals surface area contributed by atoms with Gasteiger partial charge < -0.3 is 5.32 Å². The third kappa shape index (κ3) is 2.93. The maximum atomic E-state index is 11.7. The van der Waals surface area contributed by atoms with E-state index in [9.17, 15) is 4.79 Å². The van der Waals surface area contributed by atoms with Gasteiger partial charge >= 0.3 is 0 Å². The molecule has 1 aliphatic heterocycles. The fourth-order valence-electron chi connectivity index (χ4n) is 2.25. The fraction of sp³-hybridized carbons (Fsp3) is 0.818. The van der Waals surface area contributed by atoms with Gasteiger partial charge in [-0.25, -0.2) is 0 Å². The van der Waals surface area contributed by atoms with Crippen LogP contribution in [0.3, 0.4) is 0 Å². The van der Waals surface area contributed by atoms with Gasteiger partial charge in [-0.1, -0.05) is 31.0 Å². The molecule has 1 amide bonds. The molecule has 1 unspecified atom stereocenters. The van der Waals surface area contributed by atoms with Crippen molar-refractivity contribution in [3.05, 3.63) is 0 Å². The number of amides is 1. The molecule has 3 N–H and O–H groups in total. The van der Waals surface area contributed by atoms with Crippen molar-refractivity contribution in [1.29, 1.82) is 0 Å². The third-order valence-corrected chi connectivity index (χ3v) is 4.24. The highest BCUT2D eigenvalue weighted by atomic mass is 32.2. The molecule has 0 bridgehead atoms. The van der Waals surface area contributed by atoms with E-state index >= 15 is 0 Å². The van der Waals surface area contributed by atoms with Crippen molar-refractivity contribution in [2.75, 3.05) is 6.26 Å². The van der Waals surface area contributed by atoms with Crippen LogP contribution in [0.5, 0.6) is 0 Å². The van der Waals surface area contributed by atoms with Gasteiger partial charge in [0.2, 0.25) is 5.12 Å². The minimum atomic E-state index is -0.640. The van der Waals surface area contributed by atoms with E-state index in [-0.39, 0.29) is 5.91 Å². The molecule has 5 nitrogen and oxygen atoms in total. The molecule has 2 aliphatic rings. The summed E-state index contributed by atoms with van der Waals surface area (Å²) in [6.45, 7) is 1.70. The van der Waals surface area contributed by atoms with Crippen molar-refractivity contribution in [3.8, 4) is 0 Å². The number of hydrazone groups is 1. The lowest BCUT2D eigenvalue weighted by Crippen LogP contribution is -2.69. The van der Waals surface area contributed by atoms with Gasteiger partial charge in [-0.2, -0.15) is 5.10 Å². The Bertz CT molecular complexity index is 327. The minimum absolute atomic E-state index is 0.110. The second kappa shape index (κ2) is 5.27. The molecule has 1 heterocycles. The van der Waals surface area contributed by atoms with Crippen LogP contribution in [-0.2, 0) is 4.79 Å². The van der Waals surface area contributed by atoms with Gasteiger partial charge in [0, 0.05) is 6.04 Å². The molecule has 0 saturated heterocycles. The summed E-state index contributed by atoms with van der Waals surface area (Å²) in [6.07, 6.45) is 8.14. The average Bonchev–Trinajstić information content (AvgIpc) is 2.35. The molecule has 1 saturated carbocycles. The number of hydrogen-bond donors (Lipinski definition) is 3. The van der Waals surface area contributed by atoms with Crippen LogP contribution in [0.1, 0.15) is 39.0 Å². The van der Waals surface area contributed by atoms with Gasteiger partial charge in [-0.15, -0.1) is 0 Å². The topological polar surface area (TPSA) is 65.5 Å². The molecule has 1 atom stereocenters. The van der Waals surface area contributed by atoms with Crippen LogP contribution < -0.4 is 16.1 Å². The predicted molar refractivity (Wildman–Crippen MR) is 70.6 cm³/mol. The van der Waals surface area contributed by atoms with E-state index in [1.54, 1.807) is 6.92 Å². The first kappa shape index (κ1) is 12.7. The van der Waals surface area contributed by atoms with E-state index in [1.165, 1.54) is 43.9 Å². The van der Waals surface area contributed by atoms with Crippen LogP contribution in [0.15, 0.2) is 5.10 Å². The molecule has 17 heavy (non-hydrogen) atoms. The Morgan fingerprint density at radius 1 is 1.41 bits per heavy atom. The second-order valence-electron chi connectivity index (χ2n) is 4.63. The van der Waals surface area contributed by atoms with Crippen LogP contribution in [0.4, 0.5) is 0 Å². The van der Waals surface area contributed by atoms with E-state index in [0.717, 1.165) is 0 Å². The summed E-state index contributed by atoms with van der Waals surface area (Å²) in [5.41, 5.74) is 3.49. The summed E-state index contributed by atoms with van der Waals surface area (Å²) in [5, 5.41) is 9.86. The van der Waals surface area contributed by atoms with Crippen molar-refractivity contribution in [1.82, 2.24) is 16.1 Å². The van der Waals surface area contributed by atoms with Crippen molar-refractivity contribution in [2.45, 2.75) is 50.2 Å². The number of thioether (sulfide) groups is 1. The van der Waals surface area contributed by atoms with Crippen LogP contribution in [-0.4, -0.2) is 29.0 Å². The average molecular weight is 256 g/mol. The quantitative estimate of drug-likeness (QED) is 0.659. The maximum absolute atomic E-state index is 11.7. The van der Waals surface area contributed by atoms with Gasteiger partial charge in [0.15, 0.2) is 0 Å². The molecular weight excluding hydrogens is 236 g/mol. The van der Waals surface area contributed by atoms with E-state index in [2.05, 4.69) is 21.2 Å². The summed E-state index contributed by atoms with van der Waals surface area (Å²) in [5.74, 6) is -0.110. The lowest BCUT2D eigenvalue weighted by atomic mass is 9.95. The summed E-state index contributed by atoms with van der Waals surface area (Å²) in [7, 11) is 0. The lowest BCUT2D eigenvalue weighted by Gasteiger charge is -2.39. The highest BCUT2D eigenvalue weighted by molar-refractivity contribution is 7.99. The number of hydrogen-bond acceptors (Lipinski definition) is 5. The van der Waals surface area contributed by atoms with Gasteiger partial charge in [-0.3, -0.25) is 15.5 Å². The Morgan fingerprint density at radius 2 is 2.12 bits per heavy atom. The van der Waals surface area contributed by atoms with Crippen LogP contribution in [0, 0.1) is 0 Å². The summed E-state index contributed by atoms with van der Waals surface area (Å²) in [4.78, 5) is 11.7. The maximum Gasteiger partial charge on any atom is 0.270 e. The molecule has 0 aromatic rings. The van der Waals surface area contributed by atoms with Crippen molar-refractivity contribution in [2.24, 2.45) is 5.10 Å². The van der Waals surface area contributed by atoms with Crippen LogP contribution in [0.2, 0.25) is 0 Å². The molecule has 1 fully saturated rings. The molecule has 0 aromatic heterocycles. The number of rotatable bonds is 3. The molecular formula is C11H20N4OS. The Morgan fingerprint density at radius 3 is 2.71 bits per heavy atom. The monoisotopic (exact) mass is 256 g/mol. The molecule has 1 aliphatic carbocycles. The second-order valence-corrected chi connectivity index (χ2v) is 5.65. The van der Waals surface area contributed by atoms with Gasteiger partial charge in [0.05, 0.1) is 0 Å². The van der Waals surface area contributed by atoms with Crippen LogP contribution >= 0.6 is 11.8 Å². The fourth-order valence-corrected chi connectivity index (χ4v) is 2.87. The molecule has 6 heteroatoms. The Labute approximate surface area is 106 Å². The summed E-state index contributed by atoms with van der Waals surface area (Å²) >= 11 is 1.53. The van der Waals surface area contributed by atoms with E-state index in [4.69, 9.17) is 0 Å². The van der Waals surface area contributed by atoms with Gasteiger partial charge in [0.1, 0.15) is 5.71 Å². The molecule has 0 aromatic carbocycles. The van der Waals surface area contributed by atoms with Crippen LogP contribution in [0.25, 0.3) is 0 Å². The first-order chi connectivity index (χ1) is 8.15. The highest BCUT2D eigenvalue weighted by Crippen LogP contribution is 2.23. The first-order valence-corrected chi connectivity index (χ1v) is 7.34. The van der Waals surface area contributed by atoms with E-state index < -0.39 is 5.12 Å². The zero-order valence-electron chi connectivity index (χ0n) is 10.4. The van der Waals surface area contributed by atoms with Crippen molar-refractivity contribution < 1.29 is 4.79 Å². The Balaban J connectivity index is 2.02. The zero-order chi connectivity index (χ0) is 12.3.